The normalized spacial score (nSPS) is 19.9. The monoisotopic (exact) mass is 492 g/mol. The summed E-state index contributed by atoms with van der Waals surface area (Å²) >= 11 is 0. The van der Waals surface area contributed by atoms with Crippen molar-refractivity contribution in [3.63, 3.8) is 0 Å². The van der Waals surface area contributed by atoms with Gasteiger partial charge in [0.25, 0.3) is 10.0 Å². The van der Waals surface area contributed by atoms with Crippen LogP contribution >= 0.6 is 0 Å². The molecule has 3 aliphatic rings. The van der Waals surface area contributed by atoms with Crippen LogP contribution in [0.1, 0.15) is 24.0 Å². The Morgan fingerprint density at radius 2 is 1.79 bits per heavy atom. The number of anilines is 2. The molecule has 2 amide bonds. The Kier molecular flexibility index (Phi) is 5.15. The van der Waals surface area contributed by atoms with Gasteiger partial charge in [-0.25, -0.2) is 0 Å². The van der Waals surface area contributed by atoms with Crippen LogP contribution in [0.3, 0.4) is 0 Å². The smallest absolute Gasteiger partial charge is 0.355 e. The lowest BCUT2D eigenvalue weighted by Gasteiger charge is -2.36. The number of nitrogens with zero attached hydrogens (tertiary/aromatic N) is 3. The number of amides is 2. The summed E-state index contributed by atoms with van der Waals surface area (Å²) in [5.74, 6) is -1.04. The van der Waals surface area contributed by atoms with Gasteiger partial charge in [0.05, 0.1) is 16.9 Å². The molecule has 0 spiro atoms. The van der Waals surface area contributed by atoms with Crippen LogP contribution in [0, 0.1) is 5.92 Å². The highest BCUT2D eigenvalue weighted by molar-refractivity contribution is 7.90. The number of carbonyl (C=O) groups is 2. The summed E-state index contributed by atoms with van der Waals surface area (Å²) in [4.78, 5) is 28.6. The number of alkyl halides is 3. The van der Waals surface area contributed by atoms with Crippen LogP contribution in [-0.4, -0.2) is 50.6 Å². The van der Waals surface area contributed by atoms with E-state index in [2.05, 4.69) is 9.71 Å². The minimum atomic E-state index is -4.58. The molecule has 0 aliphatic carbocycles. The minimum Gasteiger partial charge on any atom is -0.355 e. The second-order valence-electron chi connectivity index (χ2n) is 8.35. The Morgan fingerprint density at radius 1 is 1.09 bits per heavy atom. The van der Waals surface area contributed by atoms with E-state index in [4.69, 9.17) is 0 Å². The highest BCUT2D eigenvalue weighted by Crippen LogP contribution is 2.38. The Balaban J connectivity index is 1.33. The summed E-state index contributed by atoms with van der Waals surface area (Å²) < 4.78 is 67.8. The van der Waals surface area contributed by atoms with Gasteiger partial charge in [-0.3, -0.25) is 9.59 Å². The van der Waals surface area contributed by atoms with Gasteiger partial charge in [0.2, 0.25) is 11.8 Å². The van der Waals surface area contributed by atoms with Gasteiger partial charge in [-0.2, -0.15) is 21.6 Å². The molecule has 1 fully saturated rings. The third-order valence-corrected chi connectivity index (χ3v) is 7.54. The van der Waals surface area contributed by atoms with E-state index < -0.39 is 33.6 Å². The summed E-state index contributed by atoms with van der Waals surface area (Å²) in [5, 5.41) is 2.41. The van der Waals surface area contributed by atoms with Crippen LogP contribution in [0.2, 0.25) is 0 Å². The molecule has 8 nitrogen and oxygen atoms in total. The number of nitrogens with one attached hydrogen (secondary N) is 1. The van der Waals surface area contributed by atoms with Gasteiger partial charge in [0, 0.05) is 24.6 Å². The average Bonchev–Trinajstić information content (AvgIpc) is 3.08. The molecule has 0 saturated carbocycles. The lowest BCUT2D eigenvalue weighted by Crippen LogP contribution is -2.48. The maximum atomic E-state index is 13.3. The number of carbonyl (C=O) groups excluding carboxylic acids is 2. The Hall–Kier alpha value is -3.41. The van der Waals surface area contributed by atoms with E-state index in [1.54, 1.807) is 18.2 Å². The standard InChI is InChI=1S/C22H19F3N4O4S/c23-22(24,25)14-5-6-17-16(11-14)26-19(30)12-29(17)21(31)13-7-9-28(10-8-13)20-15-3-1-2-4-18(15)34(32,33)27-20/h1-6,11,13H,7-10,12H2,(H,26,30). The Bertz CT molecular complexity index is 1330. The number of benzene rings is 2. The van der Waals surface area contributed by atoms with Gasteiger partial charge in [0.1, 0.15) is 11.4 Å². The van der Waals surface area contributed by atoms with Crippen molar-refractivity contribution in [2.45, 2.75) is 23.9 Å². The first-order chi connectivity index (χ1) is 16.0. The maximum Gasteiger partial charge on any atom is 0.416 e. The van der Waals surface area contributed by atoms with Crippen LogP contribution in [0.4, 0.5) is 24.5 Å². The van der Waals surface area contributed by atoms with Crippen molar-refractivity contribution >= 4 is 39.0 Å². The molecule has 0 atom stereocenters. The van der Waals surface area contributed by atoms with Crippen molar-refractivity contribution in [1.29, 1.82) is 0 Å². The van der Waals surface area contributed by atoms with Crippen LogP contribution in [0.5, 0.6) is 0 Å². The van der Waals surface area contributed by atoms with E-state index in [9.17, 15) is 31.2 Å². The number of hydrogen-bond donors (Lipinski definition) is 1. The molecule has 178 valence electrons. The first-order valence-corrected chi connectivity index (χ1v) is 12.0. The topological polar surface area (TPSA) is 99.2 Å². The summed E-state index contributed by atoms with van der Waals surface area (Å²) in [7, 11) is -3.76. The number of piperidine rings is 1. The zero-order valence-corrected chi connectivity index (χ0v) is 18.5. The van der Waals surface area contributed by atoms with Gasteiger partial charge in [-0.05, 0) is 43.2 Å². The highest BCUT2D eigenvalue weighted by atomic mass is 32.2. The van der Waals surface area contributed by atoms with E-state index in [-0.39, 0.29) is 28.7 Å². The third kappa shape index (κ3) is 3.81. The summed E-state index contributed by atoms with van der Waals surface area (Å²) in [6.45, 7) is 0.466. The van der Waals surface area contributed by atoms with Crippen LogP contribution < -0.4 is 10.2 Å². The largest absolute Gasteiger partial charge is 0.416 e. The molecule has 5 rings (SSSR count). The van der Waals surface area contributed by atoms with Crippen LogP contribution in [-0.2, 0) is 25.8 Å². The number of likely N-dealkylation sites (tertiary alicyclic amines) is 1. The fourth-order valence-electron chi connectivity index (χ4n) is 4.54. The minimum absolute atomic E-state index is 0.0565. The second kappa shape index (κ2) is 7.83. The maximum absolute atomic E-state index is 13.3. The highest BCUT2D eigenvalue weighted by Gasteiger charge is 2.38. The SMILES string of the molecule is O=C1CN(C(=O)C2CCN(C3=NS(=O)(=O)c4ccccc43)CC2)c2ccc(C(F)(F)F)cc2N1. The van der Waals surface area contributed by atoms with Gasteiger partial charge in [-0.15, -0.1) is 4.40 Å². The van der Waals surface area contributed by atoms with Crippen molar-refractivity contribution in [3.8, 4) is 0 Å². The zero-order valence-electron chi connectivity index (χ0n) is 17.7. The predicted molar refractivity (Wildman–Crippen MR) is 117 cm³/mol. The van der Waals surface area contributed by atoms with E-state index in [1.807, 2.05) is 4.90 Å². The molecule has 2 aromatic carbocycles. The molecule has 0 aromatic heterocycles. The number of halogens is 3. The average molecular weight is 492 g/mol. The molecular formula is C22H19F3N4O4S. The lowest BCUT2D eigenvalue weighted by molar-refractivity contribution is -0.137. The van der Waals surface area contributed by atoms with E-state index in [1.165, 1.54) is 17.0 Å². The van der Waals surface area contributed by atoms with Gasteiger partial charge in [-0.1, -0.05) is 12.1 Å². The van der Waals surface area contributed by atoms with Crippen LogP contribution in [0.25, 0.3) is 0 Å². The molecule has 0 bridgehead atoms. The summed E-state index contributed by atoms with van der Waals surface area (Å²) in [6.07, 6.45) is -3.81. The number of sulfonamides is 1. The second-order valence-corrected chi connectivity index (χ2v) is 9.92. The molecule has 3 aliphatic heterocycles. The Labute approximate surface area is 193 Å². The summed E-state index contributed by atoms with van der Waals surface area (Å²) in [6, 6.07) is 9.45. The molecule has 0 unspecified atom stereocenters. The van der Waals surface area contributed by atoms with Gasteiger partial charge >= 0.3 is 6.18 Å². The van der Waals surface area contributed by atoms with E-state index in [0.29, 0.717) is 37.3 Å². The third-order valence-electron chi connectivity index (χ3n) is 6.21. The van der Waals surface area contributed by atoms with Crippen molar-refractivity contribution in [2.24, 2.45) is 10.3 Å². The van der Waals surface area contributed by atoms with Crippen molar-refractivity contribution in [2.75, 3.05) is 29.9 Å². The molecule has 12 heteroatoms. The van der Waals surface area contributed by atoms with Gasteiger partial charge < -0.3 is 15.1 Å². The quantitative estimate of drug-likeness (QED) is 0.660. The van der Waals surface area contributed by atoms with Gasteiger partial charge in [0.15, 0.2) is 5.84 Å². The van der Waals surface area contributed by atoms with Crippen molar-refractivity contribution in [1.82, 2.24) is 4.90 Å². The first-order valence-electron chi connectivity index (χ1n) is 10.6. The molecule has 0 radical (unpaired) electrons. The number of hydrogen-bond acceptors (Lipinski definition) is 5. The molecule has 1 N–H and O–H groups in total. The molecular weight excluding hydrogens is 473 g/mol. The lowest BCUT2D eigenvalue weighted by atomic mass is 9.94. The van der Waals surface area contributed by atoms with Crippen LogP contribution in [0.15, 0.2) is 51.8 Å². The molecule has 3 heterocycles. The zero-order chi connectivity index (χ0) is 24.3. The molecule has 1 saturated heterocycles. The first kappa shape index (κ1) is 22.4. The molecule has 34 heavy (non-hydrogen) atoms. The summed E-state index contributed by atoms with van der Waals surface area (Å²) in [5.41, 5.74) is -0.227. The van der Waals surface area contributed by atoms with Crippen molar-refractivity contribution < 1.29 is 31.2 Å². The molecule has 2 aromatic rings. The Morgan fingerprint density at radius 3 is 2.50 bits per heavy atom. The number of fused-ring (bicyclic) bond motifs is 2. The fourth-order valence-corrected chi connectivity index (χ4v) is 5.77. The fraction of sp³-hybridized carbons (Fsp3) is 0.318. The number of amidine groups is 1. The predicted octanol–water partition coefficient (Wildman–Crippen LogP) is 2.85. The van der Waals surface area contributed by atoms with E-state index in [0.717, 1.165) is 12.1 Å². The number of rotatable bonds is 1. The van der Waals surface area contributed by atoms with Crippen molar-refractivity contribution in [3.05, 3.63) is 53.6 Å². The van der Waals surface area contributed by atoms with E-state index >= 15 is 0 Å².